The van der Waals surface area contributed by atoms with Gasteiger partial charge in [-0.3, -0.25) is 0 Å². The van der Waals surface area contributed by atoms with E-state index in [1.165, 1.54) is 6.07 Å². The smallest absolute Gasteiger partial charge is 0.408 e. The number of thiol groups is 1. The lowest BCUT2D eigenvalue weighted by Crippen LogP contribution is -2.42. The summed E-state index contributed by atoms with van der Waals surface area (Å²) in [6.07, 6.45) is -0.587. The normalized spacial score (nSPS) is 13.2. The van der Waals surface area contributed by atoms with E-state index >= 15 is 0 Å². The molecule has 1 N–H and O–H groups in total. The van der Waals surface area contributed by atoms with Crippen LogP contribution in [0.15, 0.2) is 54.6 Å². The minimum absolute atomic E-state index is 0.245. The highest BCUT2D eigenvalue weighted by molar-refractivity contribution is 7.80. The van der Waals surface area contributed by atoms with Crippen molar-refractivity contribution >= 4 is 18.7 Å². The molecule has 7 heteroatoms. The molecule has 1 amide bonds. The number of carbonyl (C=O) groups is 1. The summed E-state index contributed by atoms with van der Waals surface area (Å²) in [4.78, 5) is 12.7. The molecule has 0 aliphatic heterocycles. The molecule has 220 valence electrons. The number of hydrogen-bond donors (Lipinski definition) is 2. The monoisotopic (exact) mass is 562 g/mol. The van der Waals surface area contributed by atoms with Crippen molar-refractivity contribution in [1.29, 1.82) is 5.26 Å². The van der Waals surface area contributed by atoms with Crippen LogP contribution in [0.2, 0.25) is 0 Å². The van der Waals surface area contributed by atoms with Crippen LogP contribution in [0.3, 0.4) is 0 Å². The van der Waals surface area contributed by atoms with Crippen LogP contribution in [0.4, 0.5) is 9.18 Å². The number of ether oxygens (including phenoxy) is 2. The molecule has 0 heterocycles. The van der Waals surface area contributed by atoms with E-state index in [2.05, 4.69) is 24.0 Å². The fourth-order valence-electron chi connectivity index (χ4n) is 3.48. The number of halogens is 1. The summed E-state index contributed by atoms with van der Waals surface area (Å²) in [5.74, 6) is 0.0407. The minimum atomic E-state index is -0.864. The first-order chi connectivity index (χ1) is 18.6. The number of alkyl carbamates (subject to hydrolysis) is 1. The second kappa shape index (κ2) is 21.3. The van der Waals surface area contributed by atoms with Crippen molar-refractivity contribution in [1.82, 2.24) is 5.32 Å². The van der Waals surface area contributed by atoms with Gasteiger partial charge in [0.25, 0.3) is 0 Å². The standard InChI is InChI=1S/C26H33FN2O3S.3C2H6/c1-25(2,3)32-24(30)29-23(20-12-8-9-13-21(20)27)22(16-26(4,18-28)14-15-33)31-17-19-10-6-5-7-11-19;3*1-2/h5-13,22-23,33H,14-17H2,1-4H3,(H,29,30);3*1-2H3. The van der Waals surface area contributed by atoms with Crippen LogP contribution in [0.1, 0.15) is 99.2 Å². The Balaban J connectivity index is 0. The number of nitrogens with one attached hydrogen (secondary N) is 1. The Labute approximate surface area is 242 Å². The van der Waals surface area contributed by atoms with Gasteiger partial charge in [-0.1, -0.05) is 90.1 Å². The molecule has 0 fully saturated rings. The molecule has 3 atom stereocenters. The second-order valence-electron chi connectivity index (χ2n) is 9.33. The van der Waals surface area contributed by atoms with Crippen LogP contribution in [0.25, 0.3) is 0 Å². The Morgan fingerprint density at radius 2 is 1.51 bits per heavy atom. The first kappa shape index (κ1) is 38.6. The van der Waals surface area contributed by atoms with E-state index in [0.717, 1.165) is 5.56 Å². The van der Waals surface area contributed by atoms with E-state index in [1.54, 1.807) is 39.0 Å². The van der Waals surface area contributed by atoms with Crippen LogP contribution in [0.5, 0.6) is 0 Å². The maximum atomic E-state index is 14.9. The summed E-state index contributed by atoms with van der Waals surface area (Å²) in [7, 11) is 0. The SMILES string of the molecule is CC.CC.CC.CC(C#N)(CCS)CC(OCc1ccccc1)C(NC(=O)OC(C)(C)C)c1ccccc1F. The van der Waals surface area contributed by atoms with Crippen molar-refractivity contribution in [2.75, 3.05) is 5.75 Å². The first-order valence-corrected chi connectivity index (χ1v) is 14.6. The molecule has 0 radical (unpaired) electrons. The van der Waals surface area contributed by atoms with Crippen molar-refractivity contribution < 1.29 is 18.7 Å². The van der Waals surface area contributed by atoms with Crippen molar-refractivity contribution in [3.8, 4) is 6.07 Å². The lowest BCUT2D eigenvalue weighted by atomic mass is 9.80. The third-order valence-corrected chi connectivity index (χ3v) is 5.40. The van der Waals surface area contributed by atoms with E-state index in [-0.39, 0.29) is 18.6 Å². The molecule has 2 aromatic carbocycles. The molecular formula is C32H51FN2O3S. The van der Waals surface area contributed by atoms with Gasteiger partial charge >= 0.3 is 6.09 Å². The molecule has 5 nitrogen and oxygen atoms in total. The molecule has 2 rings (SSSR count). The number of carbonyl (C=O) groups excluding carboxylic acids is 1. The summed E-state index contributed by atoms with van der Waals surface area (Å²) < 4.78 is 26.6. The van der Waals surface area contributed by atoms with Gasteiger partial charge in [0.15, 0.2) is 0 Å². The maximum Gasteiger partial charge on any atom is 0.408 e. The molecule has 0 aromatic heterocycles. The van der Waals surface area contributed by atoms with Gasteiger partial charge in [0.2, 0.25) is 0 Å². The third-order valence-electron chi connectivity index (χ3n) is 5.18. The Kier molecular flexibility index (Phi) is 21.1. The second-order valence-corrected chi connectivity index (χ2v) is 9.78. The topological polar surface area (TPSA) is 71.3 Å². The van der Waals surface area contributed by atoms with Gasteiger partial charge in [-0.25, -0.2) is 9.18 Å². The van der Waals surface area contributed by atoms with Gasteiger partial charge < -0.3 is 14.8 Å². The van der Waals surface area contributed by atoms with Crippen molar-refractivity contribution in [2.24, 2.45) is 5.41 Å². The Hall–Kier alpha value is -2.56. The van der Waals surface area contributed by atoms with E-state index in [0.29, 0.717) is 12.2 Å². The maximum absolute atomic E-state index is 14.9. The first-order valence-electron chi connectivity index (χ1n) is 14.0. The zero-order chi connectivity index (χ0) is 30.5. The van der Waals surface area contributed by atoms with Crippen LogP contribution < -0.4 is 5.32 Å². The Morgan fingerprint density at radius 1 is 0.974 bits per heavy atom. The summed E-state index contributed by atoms with van der Waals surface area (Å²) >= 11 is 4.30. The van der Waals surface area contributed by atoms with E-state index < -0.39 is 35.1 Å². The highest BCUT2D eigenvalue weighted by atomic mass is 32.1. The zero-order valence-corrected chi connectivity index (χ0v) is 26.6. The molecular weight excluding hydrogens is 511 g/mol. The van der Waals surface area contributed by atoms with Crippen LogP contribution in [-0.4, -0.2) is 23.6 Å². The molecule has 0 bridgehead atoms. The van der Waals surface area contributed by atoms with Gasteiger partial charge in [-0.15, -0.1) is 0 Å². The highest BCUT2D eigenvalue weighted by Crippen LogP contribution is 2.35. The highest BCUT2D eigenvalue weighted by Gasteiger charge is 2.36. The number of nitrogens with zero attached hydrogens (tertiary/aromatic N) is 1. The molecule has 0 aliphatic carbocycles. The van der Waals surface area contributed by atoms with E-state index in [9.17, 15) is 14.4 Å². The molecule has 0 saturated carbocycles. The van der Waals surface area contributed by atoms with E-state index in [4.69, 9.17) is 9.47 Å². The molecule has 39 heavy (non-hydrogen) atoms. The molecule has 0 saturated heterocycles. The van der Waals surface area contributed by atoms with Crippen molar-refractivity contribution in [3.05, 3.63) is 71.5 Å². The number of hydrogen-bond acceptors (Lipinski definition) is 5. The van der Waals surface area contributed by atoms with Crippen LogP contribution in [0, 0.1) is 22.6 Å². The van der Waals surface area contributed by atoms with Gasteiger partial charge in [0.05, 0.1) is 30.2 Å². The van der Waals surface area contributed by atoms with Crippen molar-refractivity contribution in [3.63, 3.8) is 0 Å². The summed E-state index contributed by atoms with van der Waals surface area (Å²) in [5, 5.41) is 12.7. The largest absolute Gasteiger partial charge is 0.444 e. The van der Waals surface area contributed by atoms with Gasteiger partial charge in [0.1, 0.15) is 11.4 Å². The number of nitriles is 1. The fraction of sp³-hybridized carbons (Fsp3) is 0.562. The number of rotatable bonds is 10. The average molecular weight is 563 g/mol. The van der Waals surface area contributed by atoms with Crippen LogP contribution in [-0.2, 0) is 16.1 Å². The Morgan fingerprint density at radius 3 is 2.00 bits per heavy atom. The predicted molar refractivity (Wildman–Crippen MR) is 164 cm³/mol. The van der Waals surface area contributed by atoms with Crippen molar-refractivity contribution in [2.45, 2.75) is 106 Å². The predicted octanol–water partition coefficient (Wildman–Crippen LogP) is 9.30. The summed E-state index contributed by atoms with van der Waals surface area (Å²) in [6, 6.07) is 17.3. The van der Waals surface area contributed by atoms with Gasteiger partial charge in [-0.2, -0.15) is 17.9 Å². The lowest BCUT2D eigenvalue weighted by Gasteiger charge is -2.34. The average Bonchev–Trinajstić information content (AvgIpc) is 2.93. The molecule has 0 spiro atoms. The Bertz CT molecular complexity index is 944. The lowest BCUT2D eigenvalue weighted by molar-refractivity contribution is -0.0138. The minimum Gasteiger partial charge on any atom is -0.444 e. The molecule has 2 aromatic rings. The summed E-state index contributed by atoms with van der Waals surface area (Å²) in [6.45, 7) is 19.3. The third kappa shape index (κ3) is 15.6. The molecule has 0 aliphatic rings. The quantitative estimate of drug-likeness (QED) is 0.283. The van der Waals surface area contributed by atoms with E-state index in [1.807, 2.05) is 78.8 Å². The summed E-state index contributed by atoms with van der Waals surface area (Å²) in [5.41, 5.74) is -0.299. The van der Waals surface area contributed by atoms with Crippen LogP contribution >= 0.6 is 12.6 Å². The fourth-order valence-corrected chi connectivity index (χ4v) is 3.97. The molecule has 3 unspecified atom stereocenters. The zero-order valence-electron chi connectivity index (χ0n) is 25.7. The number of benzene rings is 2. The number of amides is 1. The van der Waals surface area contributed by atoms with Gasteiger partial charge in [-0.05, 0) is 57.9 Å². The van der Waals surface area contributed by atoms with Gasteiger partial charge in [0, 0.05) is 5.56 Å².